The predicted molar refractivity (Wildman–Crippen MR) is 85.9 cm³/mol. The Morgan fingerprint density at radius 1 is 1.24 bits per heavy atom. The molecule has 0 spiro atoms. The average Bonchev–Trinajstić information content (AvgIpc) is 3.15. The zero-order valence-corrected chi connectivity index (χ0v) is 12.6. The molecule has 108 valence electrons. The number of thiophene rings is 1. The third-order valence-electron chi connectivity index (χ3n) is 4.35. The van der Waals surface area contributed by atoms with Crippen LogP contribution in [0, 0.1) is 0 Å². The first-order chi connectivity index (χ1) is 10.3. The van der Waals surface area contributed by atoms with Crippen molar-refractivity contribution in [2.24, 2.45) is 0 Å². The number of carbonyl (C=O) groups excluding carboxylic acids is 1. The first-order valence-electron chi connectivity index (χ1n) is 7.54. The van der Waals surface area contributed by atoms with Gasteiger partial charge in [0.15, 0.2) is 0 Å². The van der Waals surface area contributed by atoms with E-state index < -0.39 is 0 Å². The third kappa shape index (κ3) is 2.39. The molecule has 4 rings (SSSR count). The first kappa shape index (κ1) is 13.0. The summed E-state index contributed by atoms with van der Waals surface area (Å²) in [6.45, 7) is 1.89. The van der Waals surface area contributed by atoms with Crippen molar-refractivity contribution in [3.05, 3.63) is 46.3 Å². The molecule has 1 aromatic heterocycles. The van der Waals surface area contributed by atoms with Gasteiger partial charge < -0.3 is 10.6 Å². The van der Waals surface area contributed by atoms with Crippen molar-refractivity contribution in [3.8, 4) is 10.4 Å². The summed E-state index contributed by atoms with van der Waals surface area (Å²) in [6, 6.07) is 10.9. The molecule has 1 saturated heterocycles. The van der Waals surface area contributed by atoms with E-state index in [0.717, 1.165) is 37.2 Å². The highest BCUT2D eigenvalue weighted by atomic mass is 32.1. The molecule has 0 bridgehead atoms. The fraction of sp³-hybridized carbons (Fsp3) is 0.353. The largest absolute Gasteiger partial charge is 0.347 e. The van der Waals surface area contributed by atoms with E-state index in [1.807, 2.05) is 0 Å². The van der Waals surface area contributed by atoms with Crippen molar-refractivity contribution >= 4 is 17.2 Å². The molecule has 2 aliphatic rings. The minimum Gasteiger partial charge on any atom is -0.347 e. The fourth-order valence-corrected chi connectivity index (χ4v) is 4.39. The normalized spacial score (nSPS) is 19.9. The Morgan fingerprint density at radius 3 is 2.95 bits per heavy atom. The van der Waals surface area contributed by atoms with Gasteiger partial charge in [0.2, 0.25) is 0 Å². The lowest BCUT2D eigenvalue weighted by molar-refractivity contribution is 0.0944. The quantitative estimate of drug-likeness (QED) is 0.895. The van der Waals surface area contributed by atoms with Crippen molar-refractivity contribution in [2.75, 3.05) is 13.1 Å². The molecule has 1 atom stereocenters. The van der Waals surface area contributed by atoms with E-state index in [1.54, 1.807) is 11.3 Å². The van der Waals surface area contributed by atoms with Gasteiger partial charge in [0, 0.05) is 17.5 Å². The molecule has 2 aromatic rings. The van der Waals surface area contributed by atoms with Crippen LogP contribution >= 0.6 is 11.3 Å². The van der Waals surface area contributed by atoms with E-state index in [1.165, 1.54) is 21.6 Å². The SMILES string of the molecule is O=C(NC1CCNC1)c1cc2c(s1)-c1ccccc1CC2. The van der Waals surface area contributed by atoms with Crippen LogP contribution in [-0.2, 0) is 12.8 Å². The summed E-state index contributed by atoms with van der Waals surface area (Å²) >= 11 is 1.64. The van der Waals surface area contributed by atoms with Crippen LogP contribution in [0.15, 0.2) is 30.3 Å². The van der Waals surface area contributed by atoms with E-state index >= 15 is 0 Å². The number of fused-ring (bicyclic) bond motifs is 3. The third-order valence-corrected chi connectivity index (χ3v) is 5.56. The molecule has 1 amide bonds. The molecule has 21 heavy (non-hydrogen) atoms. The molecular formula is C17H18N2OS. The van der Waals surface area contributed by atoms with Crippen LogP contribution in [0.5, 0.6) is 0 Å². The molecule has 3 nitrogen and oxygen atoms in total. The van der Waals surface area contributed by atoms with Gasteiger partial charge in [-0.15, -0.1) is 11.3 Å². The minimum atomic E-state index is 0.0839. The molecule has 0 saturated carbocycles. The van der Waals surface area contributed by atoms with Crippen molar-refractivity contribution in [2.45, 2.75) is 25.3 Å². The number of hydrogen-bond acceptors (Lipinski definition) is 3. The second-order valence-corrected chi connectivity index (χ2v) is 6.84. The van der Waals surface area contributed by atoms with Gasteiger partial charge in [0.1, 0.15) is 0 Å². The van der Waals surface area contributed by atoms with Crippen LogP contribution in [0.4, 0.5) is 0 Å². The molecule has 4 heteroatoms. The monoisotopic (exact) mass is 298 g/mol. The highest BCUT2D eigenvalue weighted by Crippen LogP contribution is 2.39. The Labute approximate surface area is 128 Å². The Kier molecular flexibility index (Phi) is 3.28. The predicted octanol–water partition coefficient (Wildman–Crippen LogP) is 2.61. The smallest absolute Gasteiger partial charge is 0.261 e. The molecule has 1 fully saturated rings. The lowest BCUT2D eigenvalue weighted by Crippen LogP contribution is -2.35. The van der Waals surface area contributed by atoms with Crippen LogP contribution < -0.4 is 10.6 Å². The number of rotatable bonds is 2. The second-order valence-electron chi connectivity index (χ2n) is 5.79. The number of benzene rings is 1. The number of carbonyl (C=O) groups is 1. The van der Waals surface area contributed by atoms with E-state index in [4.69, 9.17) is 0 Å². The number of aryl methyl sites for hydroxylation is 2. The molecule has 2 N–H and O–H groups in total. The summed E-state index contributed by atoms with van der Waals surface area (Å²) in [6.07, 6.45) is 3.15. The average molecular weight is 298 g/mol. The lowest BCUT2D eigenvalue weighted by atomic mass is 9.91. The van der Waals surface area contributed by atoms with Gasteiger partial charge in [-0.2, -0.15) is 0 Å². The summed E-state index contributed by atoms with van der Waals surface area (Å²) in [4.78, 5) is 14.5. The summed E-state index contributed by atoms with van der Waals surface area (Å²) in [7, 11) is 0. The number of amides is 1. The molecule has 1 aliphatic carbocycles. The number of nitrogens with one attached hydrogen (secondary N) is 2. The summed E-state index contributed by atoms with van der Waals surface area (Å²) < 4.78 is 0. The highest BCUT2D eigenvalue weighted by molar-refractivity contribution is 7.17. The molecular weight excluding hydrogens is 280 g/mol. The standard InChI is InChI=1S/C17H18N2OS/c20-17(19-13-7-8-18-10-13)15-9-12-6-5-11-3-1-2-4-14(11)16(12)21-15/h1-4,9,13,18H,5-8,10H2,(H,19,20). The first-order valence-corrected chi connectivity index (χ1v) is 8.35. The van der Waals surface area contributed by atoms with Gasteiger partial charge in [-0.05, 0) is 48.6 Å². The van der Waals surface area contributed by atoms with Gasteiger partial charge in [0.05, 0.1) is 4.88 Å². The Balaban J connectivity index is 1.62. The fourth-order valence-electron chi connectivity index (χ4n) is 3.22. The van der Waals surface area contributed by atoms with Crippen molar-refractivity contribution in [3.63, 3.8) is 0 Å². The summed E-state index contributed by atoms with van der Waals surface area (Å²) in [5.74, 6) is 0.0839. The van der Waals surface area contributed by atoms with Crippen LogP contribution in [0.25, 0.3) is 10.4 Å². The molecule has 1 aliphatic heterocycles. The maximum Gasteiger partial charge on any atom is 0.261 e. The van der Waals surface area contributed by atoms with Crippen LogP contribution in [0.2, 0.25) is 0 Å². The van der Waals surface area contributed by atoms with Crippen molar-refractivity contribution < 1.29 is 4.79 Å². The van der Waals surface area contributed by atoms with Gasteiger partial charge in [-0.25, -0.2) is 0 Å². The van der Waals surface area contributed by atoms with E-state index in [9.17, 15) is 4.79 Å². The lowest BCUT2D eigenvalue weighted by Gasteiger charge is -2.15. The van der Waals surface area contributed by atoms with Crippen molar-refractivity contribution in [1.82, 2.24) is 10.6 Å². The van der Waals surface area contributed by atoms with Crippen LogP contribution in [0.3, 0.4) is 0 Å². The molecule has 1 aromatic carbocycles. The Hall–Kier alpha value is -1.65. The van der Waals surface area contributed by atoms with E-state index in [0.29, 0.717) is 0 Å². The van der Waals surface area contributed by atoms with Crippen LogP contribution in [-0.4, -0.2) is 25.0 Å². The van der Waals surface area contributed by atoms with Gasteiger partial charge in [-0.1, -0.05) is 24.3 Å². The maximum absolute atomic E-state index is 12.4. The summed E-state index contributed by atoms with van der Waals surface area (Å²) in [5.41, 5.74) is 4.04. The highest BCUT2D eigenvalue weighted by Gasteiger charge is 2.23. The van der Waals surface area contributed by atoms with Gasteiger partial charge >= 0.3 is 0 Å². The maximum atomic E-state index is 12.4. The summed E-state index contributed by atoms with van der Waals surface area (Å²) in [5, 5.41) is 6.42. The van der Waals surface area contributed by atoms with Gasteiger partial charge in [0.25, 0.3) is 5.91 Å². The molecule has 2 heterocycles. The zero-order valence-electron chi connectivity index (χ0n) is 11.8. The topological polar surface area (TPSA) is 41.1 Å². The molecule has 0 radical (unpaired) electrons. The zero-order chi connectivity index (χ0) is 14.2. The van der Waals surface area contributed by atoms with E-state index in [-0.39, 0.29) is 11.9 Å². The Bertz CT molecular complexity index is 686. The van der Waals surface area contributed by atoms with Crippen molar-refractivity contribution in [1.29, 1.82) is 0 Å². The Morgan fingerprint density at radius 2 is 2.10 bits per heavy atom. The van der Waals surface area contributed by atoms with Crippen LogP contribution in [0.1, 0.15) is 27.2 Å². The van der Waals surface area contributed by atoms with E-state index in [2.05, 4.69) is 41.0 Å². The second kappa shape index (κ2) is 5.28. The molecule has 1 unspecified atom stereocenters. The number of hydrogen-bond donors (Lipinski definition) is 2. The minimum absolute atomic E-state index is 0.0839. The van der Waals surface area contributed by atoms with Gasteiger partial charge in [-0.3, -0.25) is 4.79 Å².